The first-order chi connectivity index (χ1) is 9.36. The average molecular weight is 278 g/mol. The summed E-state index contributed by atoms with van der Waals surface area (Å²) >= 11 is 0. The van der Waals surface area contributed by atoms with Gasteiger partial charge in [-0.3, -0.25) is 9.88 Å². The molecule has 1 atom stereocenters. The number of hydrogen-bond donors (Lipinski definition) is 1. The van der Waals surface area contributed by atoms with E-state index in [0.717, 1.165) is 37.4 Å². The van der Waals surface area contributed by atoms with Gasteiger partial charge in [0.15, 0.2) is 0 Å². The van der Waals surface area contributed by atoms with E-state index in [1.807, 2.05) is 19.1 Å². The molecule has 1 aliphatic heterocycles. The number of likely N-dealkylation sites (tertiary alicyclic amines) is 1. The van der Waals surface area contributed by atoms with E-state index in [2.05, 4.69) is 29.8 Å². The van der Waals surface area contributed by atoms with E-state index in [-0.39, 0.29) is 5.41 Å². The zero-order valence-electron chi connectivity index (χ0n) is 13.0. The third kappa shape index (κ3) is 3.19. The smallest absolute Gasteiger partial charge is 0.0954 e. The molecular weight excluding hydrogens is 252 g/mol. The highest BCUT2D eigenvalue weighted by molar-refractivity contribution is 5.10. The predicted octanol–water partition coefficient (Wildman–Crippen LogP) is 2.00. The van der Waals surface area contributed by atoms with Crippen LogP contribution in [0.2, 0.25) is 0 Å². The molecule has 112 valence electrons. The number of aryl methyl sites for hydroxylation is 1. The lowest BCUT2D eigenvalue weighted by Gasteiger charge is -2.50. The Kier molecular flexibility index (Phi) is 4.47. The van der Waals surface area contributed by atoms with Gasteiger partial charge in [-0.05, 0) is 25.5 Å². The molecule has 1 aliphatic rings. The van der Waals surface area contributed by atoms with E-state index >= 15 is 0 Å². The minimum atomic E-state index is -0.738. The molecule has 0 aromatic carbocycles. The van der Waals surface area contributed by atoms with E-state index in [1.54, 1.807) is 7.11 Å². The van der Waals surface area contributed by atoms with Crippen LogP contribution in [0.1, 0.15) is 31.7 Å². The Balaban J connectivity index is 2.04. The van der Waals surface area contributed by atoms with Gasteiger partial charge in [-0.25, -0.2) is 0 Å². The first-order valence-corrected chi connectivity index (χ1v) is 7.22. The Morgan fingerprint density at radius 3 is 2.75 bits per heavy atom. The van der Waals surface area contributed by atoms with Crippen LogP contribution in [0.15, 0.2) is 18.2 Å². The van der Waals surface area contributed by atoms with Crippen LogP contribution >= 0.6 is 0 Å². The van der Waals surface area contributed by atoms with Crippen LogP contribution in [0.25, 0.3) is 0 Å². The highest BCUT2D eigenvalue weighted by Crippen LogP contribution is 2.39. The van der Waals surface area contributed by atoms with E-state index in [1.165, 1.54) is 0 Å². The number of ether oxygens (including phenoxy) is 1. The van der Waals surface area contributed by atoms with Crippen LogP contribution < -0.4 is 0 Å². The lowest BCUT2D eigenvalue weighted by atomic mass is 9.70. The zero-order chi connectivity index (χ0) is 14.8. The molecule has 1 aromatic heterocycles. The fourth-order valence-corrected chi connectivity index (χ4v) is 3.02. The molecule has 2 rings (SSSR count). The van der Waals surface area contributed by atoms with E-state index < -0.39 is 5.60 Å². The van der Waals surface area contributed by atoms with Crippen LogP contribution in [-0.2, 0) is 11.3 Å². The molecule has 0 unspecified atom stereocenters. The molecule has 1 fully saturated rings. The standard InChI is InChI=1S/C16H26N2O2/c1-13-6-5-7-14(17-13)10-18-9-8-16(19,12-20-4)15(2,3)11-18/h5-7,19H,8-12H2,1-4H3/t16-/m1/s1. The summed E-state index contributed by atoms with van der Waals surface area (Å²) in [6.45, 7) is 9.21. The molecule has 0 bridgehead atoms. The Hall–Kier alpha value is -0.970. The molecule has 4 nitrogen and oxygen atoms in total. The number of nitrogens with zero attached hydrogens (tertiary/aromatic N) is 2. The number of aliphatic hydroxyl groups is 1. The number of piperidine rings is 1. The second-order valence-electron chi connectivity index (χ2n) is 6.58. The highest BCUT2D eigenvalue weighted by Gasteiger charge is 2.47. The number of pyridine rings is 1. The Labute approximate surface area is 121 Å². The summed E-state index contributed by atoms with van der Waals surface area (Å²) in [7, 11) is 1.65. The van der Waals surface area contributed by atoms with Crippen molar-refractivity contribution in [3.63, 3.8) is 0 Å². The molecule has 0 saturated carbocycles. The van der Waals surface area contributed by atoms with Gasteiger partial charge in [0.25, 0.3) is 0 Å². The quantitative estimate of drug-likeness (QED) is 0.915. The zero-order valence-corrected chi connectivity index (χ0v) is 13.0. The molecule has 0 radical (unpaired) electrons. The molecule has 1 N–H and O–H groups in total. The van der Waals surface area contributed by atoms with Crippen molar-refractivity contribution in [2.24, 2.45) is 5.41 Å². The van der Waals surface area contributed by atoms with Crippen LogP contribution in [0.3, 0.4) is 0 Å². The van der Waals surface area contributed by atoms with Gasteiger partial charge in [-0.1, -0.05) is 19.9 Å². The second kappa shape index (κ2) is 5.80. The Morgan fingerprint density at radius 2 is 2.15 bits per heavy atom. The normalized spacial score (nSPS) is 26.6. The van der Waals surface area contributed by atoms with E-state index in [9.17, 15) is 5.11 Å². The summed E-state index contributed by atoms with van der Waals surface area (Å²) in [6.07, 6.45) is 0.736. The van der Waals surface area contributed by atoms with Gasteiger partial charge in [0.05, 0.1) is 17.9 Å². The summed E-state index contributed by atoms with van der Waals surface area (Å²) in [6, 6.07) is 6.13. The van der Waals surface area contributed by atoms with Crippen molar-refractivity contribution in [2.45, 2.75) is 39.3 Å². The molecule has 1 saturated heterocycles. The molecular formula is C16H26N2O2. The summed E-state index contributed by atoms with van der Waals surface area (Å²) < 4.78 is 5.21. The molecule has 0 spiro atoms. The van der Waals surface area contributed by atoms with Gasteiger partial charge >= 0.3 is 0 Å². The summed E-state index contributed by atoms with van der Waals surface area (Å²) in [5.41, 5.74) is 1.22. The lowest BCUT2D eigenvalue weighted by molar-refractivity contribution is -0.151. The maximum absolute atomic E-state index is 10.8. The van der Waals surface area contributed by atoms with Crippen LogP contribution in [-0.4, -0.2) is 47.4 Å². The SMILES string of the molecule is COC[C@]1(O)CCN(Cc2cccc(C)n2)CC1(C)C. The number of rotatable bonds is 4. The monoisotopic (exact) mass is 278 g/mol. The van der Waals surface area contributed by atoms with Gasteiger partial charge in [0.2, 0.25) is 0 Å². The van der Waals surface area contributed by atoms with Gasteiger partial charge in [-0.2, -0.15) is 0 Å². The summed E-state index contributed by atoms with van der Waals surface area (Å²) in [5.74, 6) is 0. The Bertz CT molecular complexity index is 462. The van der Waals surface area contributed by atoms with Gasteiger partial charge in [0.1, 0.15) is 0 Å². The second-order valence-corrected chi connectivity index (χ2v) is 6.58. The molecule has 1 aromatic rings. The van der Waals surface area contributed by atoms with E-state index in [0.29, 0.717) is 6.61 Å². The maximum Gasteiger partial charge on any atom is 0.0954 e. The third-order valence-corrected chi connectivity index (χ3v) is 4.43. The molecule has 0 aliphatic carbocycles. The molecule has 4 heteroatoms. The molecule has 2 heterocycles. The van der Waals surface area contributed by atoms with Crippen molar-refractivity contribution in [1.29, 1.82) is 0 Å². The van der Waals surface area contributed by atoms with Gasteiger partial charge in [-0.15, -0.1) is 0 Å². The van der Waals surface area contributed by atoms with Gasteiger partial charge in [0, 0.05) is 37.9 Å². The van der Waals surface area contributed by atoms with E-state index in [4.69, 9.17) is 4.74 Å². The van der Waals surface area contributed by atoms with Crippen LogP contribution in [0.5, 0.6) is 0 Å². The largest absolute Gasteiger partial charge is 0.387 e. The van der Waals surface area contributed by atoms with Crippen molar-refractivity contribution in [1.82, 2.24) is 9.88 Å². The minimum Gasteiger partial charge on any atom is -0.387 e. The predicted molar refractivity (Wildman–Crippen MR) is 79.5 cm³/mol. The lowest BCUT2D eigenvalue weighted by Crippen LogP contribution is -2.59. The summed E-state index contributed by atoms with van der Waals surface area (Å²) in [4.78, 5) is 6.93. The number of aromatic nitrogens is 1. The fraction of sp³-hybridized carbons (Fsp3) is 0.688. The average Bonchev–Trinajstić information content (AvgIpc) is 2.34. The molecule has 0 amide bonds. The van der Waals surface area contributed by atoms with Crippen molar-refractivity contribution in [3.8, 4) is 0 Å². The van der Waals surface area contributed by atoms with Crippen molar-refractivity contribution in [2.75, 3.05) is 26.8 Å². The topological polar surface area (TPSA) is 45.6 Å². The Morgan fingerprint density at radius 1 is 1.40 bits per heavy atom. The maximum atomic E-state index is 10.8. The van der Waals surface area contributed by atoms with Crippen molar-refractivity contribution < 1.29 is 9.84 Å². The van der Waals surface area contributed by atoms with Crippen LogP contribution in [0, 0.1) is 12.3 Å². The highest BCUT2D eigenvalue weighted by atomic mass is 16.5. The minimum absolute atomic E-state index is 0.189. The van der Waals surface area contributed by atoms with Crippen LogP contribution in [0.4, 0.5) is 0 Å². The summed E-state index contributed by atoms with van der Waals surface area (Å²) in [5, 5.41) is 10.8. The first kappa shape index (κ1) is 15.4. The first-order valence-electron chi connectivity index (χ1n) is 7.22. The van der Waals surface area contributed by atoms with Gasteiger partial charge < -0.3 is 9.84 Å². The fourth-order valence-electron chi connectivity index (χ4n) is 3.02. The molecule has 20 heavy (non-hydrogen) atoms. The number of methoxy groups -OCH3 is 1. The number of hydrogen-bond acceptors (Lipinski definition) is 4. The third-order valence-electron chi connectivity index (χ3n) is 4.43. The van der Waals surface area contributed by atoms with Crippen molar-refractivity contribution >= 4 is 0 Å². The van der Waals surface area contributed by atoms with Crippen molar-refractivity contribution in [3.05, 3.63) is 29.6 Å².